The fourth-order valence-electron chi connectivity index (χ4n) is 2.70. The molecule has 0 aliphatic rings. The molecule has 0 heterocycles. The zero-order valence-corrected chi connectivity index (χ0v) is 18.6. The summed E-state index contributed by atoms with van der Waals surface area (Å²) in [5.41, 5.74) is 2.90. The van der Waals surface area contributed by atoms with Crippen molar-refractivity contribution in [3.63, 3.8) is 0 Å². The number of rotatable bonds is 11. The zero-order chi connectivity index (χ0) is 22.6. The molecule has 0 aromatic heterocycles. The number of esters is 1. The minimum absolute atomic E-state index is 0.349. The van der Waals surface area contributed by atoms with Crippen molar-refractivity contribution in [2.24, 2.45) is 0 Å². The van der Waals surface area contributed by atoms with E-state index in [0.29, 0.717) is 31.3 Å². The lowest BCUT2D eigenvalue weighted by Gasteiger charge is -2.13. The van der Waals surface area contributed by atoms with E-state index < -0.39 is 12.1 Å². The van der Waals surface area contributed by atoms with Crippen molar-refractivity contribution in [1.82, 2.24) is 5.32 Å². The summed E-state index contributed by atoms with van der Waals surface area (Å²) in [5, 5.41) is 2.77. The summed E-state index contributed by atoms with van der Waals surface area (Å²) in [5.74, 6) is 0.346. The van der Waals surface area contributed by atoms with Crippen LogP contribution in [0, 0.1) is 6.92 Å². The molecule has 0 spiro atoms. The Labute approximate surface area is 184 Å². The molecule has 6 heteroatoms. The number of hydrogen-bond acceptors (Lipinski definition) is 5. The van der Waals surface area contributed by atoms with Crippen LogP contribution in [-0.2, 0) is 20.9 Å². The summed E-state index contributed by atoms with van der Waals surface area (Å²) in [6.45, 7) is 8.97. The minimum Gasteiger partial charge on any atom is -0.490 e. The summed E-state index contributed by atoms with van der Waals surface area (Å²) >= 11 is 0. The number of benzene rings is 2. The van der Waals surface area contributed by atoms with Crippen LogP contribution in [-0.4, -0.2) is 31.2 Å². The van der Waals surface area contributed by atoms with Crippen molar-refractivity contribution in [3.8, 4) is 11.5 Å². The largest absolute Gasteiger partial charge is 0.490 e. The van der Waals surface area contributed by atoms with Crippen molar-refractivity contribution in [2.45, 2.75) is 46.8 Å². The maximum absolute atomic E-state index is 12.2. The molecule has 2 rings (SSSR count). The van der Waals surface area contributed by atoms with Crippen molar-refractivity contribution < 1.29 is 23.8 Å². The van der Waals surface area contributed by atoms with Gasteiger partial charge < -0.3 is 19.5 Å². The van der Waals surface area contributed by atoms with Crippen molar-refractivity contribution in [1.29, 1.82) is 0 Å². The van der Waals surface area contributed by atoms with Crippen LogP contribution in [0.25, 0.3) is 6.08 Å². The van der Waals surface area contributed by atoms with Gasteiger partial charge in [-0.3, -0.25) is 4.79 Å². The maximum atomic E-state index is 12.2. The van der Waals surface area contributed by atoms with Crippen LogP contribution in [0.3, 0.4) is 0 Å². The second kappa shape index (κ2) is 12.4. The highest BCUT2D eigenvalue weighted by Gasteiger charge is 2.16. The summed E-state index contributed by atoms with van der Waals surface area (Å²) in [6, 6.07) is 13.3. The molecule has 31 heavy (non-hydrogen) atoms. The van der Waals surface area contributed by atoms with Gasteiger partial charge in [-0.2, -0.15) is 0 Å². The number of ether oxygens (including phenoxy) is 3. The monoisotopic (exact) mass is 425 g/mol. The molecule has 6 nitrogen and oxygen atoms in total. The Balaban J connectivity index is 1.89. The number of carbonyl (C=O) groups is 2. The van der Waals surface area contributed by atoms with Gasteiger partial charge in [0.25, 0.3) is 5.91 Å². The average Bonchev–Trinajstić information content (AvgIpc) is 2.76. The molecule has 2 aromatic rings. The second-order valence-corrected chi connectivity index (χ2v) is 7.10. The predicted molar refractivity (Wildman–Crippen MR) is 121 cm³/mol. The predicted octanol–water partition coefficient (Wildman–Crippen LogP) is 4.44. The molecular weight excluding hydrogens is 394 g/mol. The number of nitrogens with one attached hydrogen (secondary N) is 1. The Bertz CT molecular complexity index is 889. The van der Waals surface area contributed by atoms with E-state index in [2.05, 4.69) is 5.32 Å². The Hall–Kier alpha value is -3.28. The van der Waals surface area contributed by atoms with Gasteiger partial charge in [0.1, 0.15) is 0 Å². The number of carbonyl (C=O) groups excluding carboxylic acids is 2. The Morgan fingerprint density at radius 1 is 1.03 bits per heavy atom. The molecule has 0 saturated carbocycles. The SMILES string of the molecule is CCCOc1ccc(/C=C/C(=O)OC(C)C(=O)NCc2ccc(C)cc2)cc1OCC. The standard InChI is InChI=1S/C25H31NO5/c1-5-15-30-22-13-11-20(16-23(22)29-6-2)12-14-24(27)31-19(4)25(28)26-17-21-9-7-18(3)8-10-21/h7-14,16,19H,5-6,15,17H2,1-4H3,(H,26,28)/b14-12+. The average molecular weight is 426 g/mol. The molecular formula is C25H31NO5. The third-order valence-corrected chi connectivity index (χ3v) is 4.39. The van der Waals surface area contributed by atoms with E-state index in [1.54, 1.807) is 19.1 Å². The number of amides is 1. The lowest BCUT2D eigenvalue weighted by molar-refractivity contribution is -0.150. The molecule has 1 amide bonds. The highest BCUT2D eigenvalue weighted by atomic mass is 16.5. The molecule has 2 aromatic carbocycles. The molecule has 0 saturated heterocycles. The van der Waals surface area contributed by atoms with Gasteiger partial charge in [-0.25, -0.2) is 4.79 Å². The Kier molecular flexibility index (Phi) is 9.62. The summed E-state index contributed by atoms with van der Waals surface area (Å²) in [4.78, 5) is 24.3. The minimum atomic E-state index is -0.897. The normalized spacial score (nSPS) is 11.7. The molecule has 0 bridgehead atoms. The molecule has 1 atom stereocenters. The van der Waals surface area contributed by atoms with Crippen molar-refractivity contribution >= 4 is 18.0 Å². The molecule has 0 radical (unpaired) electrons. The van der Waals surface area contributed by atoms with Crippen molar-refractivity contribution in [2.75, 3.05) is 13.2 Å². The van der Waals surface area contributed by atoms with E-state index in [0.717, 1.165) is 23.1 Å². The van der Waals surface area contributed by atoms with E-state index in [4.69, 9.17) is 14.2 Å². The van der Waals surface area contributed by atoms with E-state index in [-0.39, 0.29) is 5.91 Å². The maximum Gasteiger partial charge on any atom is 0.331 e. The van der Waals surface area contributed by atoms with Gasteiger partial charge in [0.05, 0.1) is 13.2 Å². The van der Waals surface area contributed by atoms with Crippen LogP contribution in [0.15, 0.2) is 48.5 Å². The van der Waals surface area contributed by atoms with Crippen LogP contribution in [0.2, 0.25) is 0 Å². The van der Waals surface area contributed by atoms with E-state index in [9.17, 15) is 9.59 Å². The molecule has 1 unspecified atom stereocenters. The molecule has 0 aliphatic heterocycles. The quantitative estimate of drug-likeness (QED) is 0.425. The first-order valence-corrected chi connectivity index (χ1v) is 10.5. The molecule has 0 fully saturated rings. The first-order chi connectivity index (χ1) is 14.9. The Morgan fingerprint density at radius 2 is 1.77 bits per heavy atom. The van der Waals surface area contributed by atoms with E-state index >= 15 is 0 Å². The molecule has 1 N–H and O–H groups in total. The summed E-state index contributed by atoms with van der Waals surface area (Å²) in [7, 11) is 0. The number of hydrogen-bond donors (Lipinski definition) is 1. The van der Waals surface area contributed by atoms with Gasteiger partial charge in [0.2, 0.25) is 0 Å². The number of aryl methyl sites for hydroxylation is 1. The summed E-state index contributed by atoms with van der Waals surface area (Å²) < 4.78 is 16.5. The van der Waals surface area contributed by atoms with Crippen LogP contribution in [0.4, 0.5) is 0 Å². The van der Waals surface area contributed by atoms with Crippen LogP contribution in [0.1, 0.15) is 43.9 Å². The van der Waals surface area contributed by atoms with Gasteiger partial charge in [0, 0.05) is 12.6 Å². The highest BCUT2D eigenvalue weighted by Crippen LogP contribution is 2.29. The van der Waals surface area contributed by atoms with Gasteiger partial charge in [-0.1, -0.05) is 42.8 Å². The van der Waals surface area contributed by atoms with Gasteiger partial charge in [0.15, 0.2) is 17.6 Å². The van der Waals surface area contributed by atoms with Crippen LogP contribution in [0.5, 0.6) is 11.5 Å². The Morgan fingerprint density at radius 3 is 2.45 bits per heavy atom. The van der Waals surface area contributed by atoms with Crippen molar-refractivity contribution in [3.05, 3.63) is 65.2 Å². The van der Waals surface area contributed by atoms with Gasteiger partial charge in [-0.15, -0.1) is 0 Å². The van der Waals surface area contributed by atoms with Crippen LogP contribution < -0.4 is 14.8 Å². The van der Waals surface area contributed by atoms with Crippen LogP contribution >= 0.6 is 0 Å². The zero-order valence-electron chi connectivity index (χ0n) is 18.6. The third kappa shape index (κ3) is 8.16. The first-order valence-electron chi connectivity index (χ1n) is 10.5. The fraction of sp³-hybridized carbons (Fsp3) is 0.360. The fourth-order valence-corrected chi connectivity index (χ4v) is 2.70. The third-order valence-electron chi connectivity index (χ3n) is 4.39. The smallest absolute Gasteiger partial charge is 0.331 e. The molecule has 0 aliphatic carbocycles. The summed E-state index contributed by atoms with van der Waals surface area (Å²) in [6.07, 6.45) is 2.91. The second-order valence-electron chi connectivity index (χ2n) is 7.10. The topological polar surface area (TPSA) is 73.9 Å². The van der Waals surface area contributed by atoms with E-state index in [1.165, 1.54) is 6.08 Å². The molecule has 166 valence electrons. The first kappa shape index (κ1) is 24.0. The highest BCUT2D eigenvalue weighted by molar-refractivity contribution is 5.90. The van der Waals surface area contributed by atoms with E-state index in [1.807, 2.05) is 57.2 Å². The lowest BCUT2D eigenvalue weighted by Crippen LogP contribution is -2.35. The lowest BCUT2D eigenvalue weighted by atomic mass is 10.1. The van der Waals surface area contributed by atoms with Gasteiger partial charge >= 0.3 is 5.97 Å². The van der Waals surface area contributed by atoms with Gasteiger partial charge in [-0.05, 0) is 56.5 Å².